The predicted molar refractivity (Wildman–Crippen MR) is 77.2 cm³/mol. The summed E-state index contributed by atoms with van der Waals surface area (Å²) in [5.41, 5.74) is 0. The van der Waals surface area contributed by atoms with Crippen LogP contribution in [0.1, 0.15) is 20.8 Å². The zero-order valence-corrected chi connectivity index (χ0v) is 12.3. The molecule has 1 aromatic rings. The van der Waals surface area contributed by atoms with E-state index in [1.807, 2.05) is 31.2 Å². The van der Waals surface area contributed by atoms with E-state index >= 15 is 0 Å². The molecule has 1 N–H and O–H groups in total. The number of ether oxygens (including phenoxy) is 3. The van der Waals surface area contributed by atoms with Gasteiger partial charge in [0.2, 0.25) is 0 Å². The van der Waals surface area contributed by atoms with Gasteiger partial charge in [-0.25, -0.2) is 0 Å². The van der Waals surface area contributed by atoms with Crippen molar-refractivity contribution in [3.8, 4) is 11.5 Å². The first-order valence-electron chi connectivity index (χ1n) is 6.93. The molecule has 0 aliphatic rings. The lowest BCUT2D eigenvalue weighted by molar-refractivity contribution is -0.145. The molecular formula is C15H23NO4. The van der Waals surface area contributed by atoms with Crippen LogP contribution in [0, 0.1) is 0 Å². The lowest BCUT2D eigenvalue weighted by Crippen LogP contribution is -2.37. The highest BCUT2D eigenvalue weighted by Gasteiger charge is 2.12. The lowest BCUT2D eigenvalue weighted by atomic mass is 10.3. The third kappa shape index (κ3) is 5.48. The summed E-state index contributed by atoms with van der Waals surface area (Å²) in [4.78, 5) is 11.4. The summed E-state index contributed by atoms with van der Waals surface area (Å²) < 4.78 is 16.0. The maximum Gasteiger partial charge on any atom is 0.322 e. The molecule has 1 rings (SSSR count). The van der Waals surface area contributed by atoms with Gasteiger partial charge in [-0.1, -0.05) is 12.1 Å². The van der Waals surface area contributed by atoms with Crippen LogP contribution in [0.15, 0.2) is 24.3 Å². The fraction of sp³-hybridized carbons (Fsp3) is 0.533. The molecule has 1 atom stereocenters. The topological polar surface area (TPSA) is 56.8 Å². The Morgan fingerprint density at radius 1 is 1.15 bits per heavy atom. The van der Waals surface area contributed by atoms with E-state index in [1.54, 1.807) is 13.8 Å². The highest BCUT2D eigenvalue weighted by molar-refractivity contribution is 5.75. The molecule has 5 heteroatoms. The van der Waals surface area contributed by atoms with Gasteiger partial charge in [0, 0.05) is 6.54 Å². The Hall–Kier alpha value is -1.75. The second-order valence-electron chi connectivity index (χ2n) is 4.16. The Balaban J connectivity index is 2.32. The number of carbonyl (C=O) groups is 1. The van der Waals surface area contributed by atoms with Crippen LogP contribution in [0.25, 0.3) is 0 Å². The van der Waals surface area contributed by atoms with Gasteiger partial charge in [-0.05, 0) is 32.9 Å². The molecule has 0 bridgehead atoms. The fourth-order valence-corrected chi connectivity index (χ4v) is 1.63. The summed E-state index contributed by atoms with van der Waals surface area (Å²) >= 11 is 0. The first kappa shape index (κ1) is 16.3. The minimum Gasteiger partial charge on any atom is -0.490 e. The minimum absolute atomic E-state index is 0.248. The number of benzene rings is 1. The van der Waals surface area contributed by atoms with Crippen LogP contribution in [-0.2, 0) is 9.53 Å². The van der Waals surface area contributed by atoms with Crippen LogP contribution < -0.4 is 14.8 Å². The molecule has 5 nitrogen and oxygen atoms in total. The molecule has 0 amide bonds. The Labute approximate surface area is 120 Å². The van der Waals surface area contributed by atoms with Gasteiger partial charge >= 0.3 is 5.97 Å². The molecule has 0 radical (unpaired) electrons. The van der Waals surface area contributed by atoms with Gasteiger partial charge in [0.25, 0.3) is 0 Å². The van der Waals surface area contributed by atoms with Crippen LogP contribution in [-0.4, -0.2) is 38.4 Å². The smallest absolute Gasteiger partial charge is 0.322 e. The van der Waals surface area contributed by atoms with Gasteiger partial charge < -0.3 is 19.5 Å². The number of nitrogens with one attached hydrogen (secondary N) is 1. The van der Waals surface area contributed by atoms with Gasteiger partial charge in [-0.15, -0.1) is 0 Å². The Morgan fingerprint density at radius 3 is 2.40 bits per heavy atom. The summed E-state index contributed by atoms with van der Waals surface area (Å²) in [5, 5.41) is 3.05. The third-order valence-electron chi connectivity index (χ3n) is 2.60. The van der Waals surface area contributed by atoms with Gasteiger partial charge in [-0.3, -0.25) is 4.79 Å². The highest BCUT2D eigenvalue weighted by atomic mass is 16.5. The van der Waals surface area contributed by atoms with E-state index in [-0.39, 0.29) is 12.0 Å². The quantitative estimate of drug-likeness (QED) is 0.554. The molecular weight excluding hydrogens is 258 g/mol. The van der Waals surface area contributed by atoms with Crippen molar-refractivity contribution in [2.75, 3.05) is 26.4 Å². The summed E-state index contributed by atoms with van der Waals surface area (Å²) in [5.74, 6) is 1.19. The van der Waals surface area contributed by atoms with Gasteiger partial charge in [-0.2, -0.15) is 0 Å². The van der Waals surface area contributed by atoms with Crippen LogP contribution in [0.4, 0.5) is 0 Å². The summed E-state index contributed by atoms with van der Waals surface area (Å²) in [6.07, 6.45) is 0. The second-order valence-corrected chi connectivity index (χ2v) is 4.16. The number of rotatable bonds is 9. The second kappa shape index (κ2) is 9.20. The molecule has 0 fully saturated rings. The average molecular weight is 281 g/mol. The van der Waals surface area contributed by atoms with E-state index in [0.29, 0.717) is 32.1 Å². The Morgan fingerprint density at radius 2 is 1.80 bits per heavy atom. The van der Waals surface area contributed by atoms with E-state index in [0.717, 1.165) is 5.75 Å². The normalized spacial score (nSPS) is 11.8. The van der Waals surface area contributed by atoms with E-state index in [4.69, 9.17) is 14.2 Å². The molecule has 0 heterocycles. The predicted octanol–water partition coefficient (Wildman–Crippen LogP) is 2.01. The first-order valence-corrected chi connectivity index (χ1v) is 6.93. The van der Waals surface area contributed by atoms with Crippen LogP contribution in [0.3, 0.4) is 0 Å². The number of hydrogen-bond donors (Lipinski definition) is 1. The SMILES string of the molecule is CCOC(=O)C(C)NCCOc1ccccc1OCC. The van der Waals surface area contributed by atoms with Crippen molar-refractivity contribution in [3.05, 3.63) is 24.3 Å². The molecule has 0 aliphatic heterocycles. The molecule has 0 saturated heterocycles. The van der Waals surface area contributed by atoms with Crippen molar-refractivity contribution in [3.63, 3.8) is 0 Å². The largest absolute Gasteiger partial charge is 0.490 e. The average Bonchev–Trinajstić information content (AvgIpc) is 2.45. The standard InChI is InChI=1S/C15H23NO4/c1-4-18-13-8-6-7-9-14(13)20-11-10-16-12(3)15(17)19-5-2/h6-9,12,16H,4-5,10-11H2,1-3H3. The molecule has 0 aromatic heterocycles. The number of carbonyl (C=O) groups excluding carboxylic acids is 1. The molecule has 20 heavy (non-hydrogen) atoms. The number of esters is 1. The monoisotopic (exact) mass is 281 g/mol. The van der Waals surface area contributed by atoms with E-state index < -0.39 is 0 Å². The molecule has 0 saturated carbocycles. The maximum absolute atomic E-state index is 11.4. The zero-order valence-electron chi connectivity index (χ0n) is 12.3. The Kier molecular flexibility index (Phi) is 7.50. The summed E-state index contributed by atoms with van der Waals surface area (Å²) in [6, 6.07) is 7.19. The molecule has 1 unspecified atom stereocenters. The van der Waals surface area contributed by atoms with Crippen LogP contribution in [0.5, 0.6) is 11.5 Å². The van der Waals surface area contributed by atoms with E-state index in [9.17, 15) is 4.79 Å². The van der Waals surface area contributed by atoms with Crippen molar-refractivity contribution in [1.29, 1.82) is 0 Å². The minimum atomic E-state index is -0.333. The fourth-order valence-electron chi connectivity index (χ4n) is 1.63. The van der Waals surface area contributed by atoms with Crippen molar-refractivity contribution in [2.24, 2.45) is 0 Å². The molecule has 1 aromatic carbocycles. The first-order chi connectivity index (χ1) is 9.69. The lowest BCUT2D eigenvalue weighted by Gasteiger charge is -2.14. The van der Waals surface area contributed by atoms with Gasteiger partial charge in [0.15, 0.2) is 11.5 Å². The highest BCUT2D eigenvalue weighted by Crippen LogP contribution is 2.25. The van der Waals surface area contributed by atoms with E-state index in [2.05, 4.69) is 5.32 Å². The Bertz CT molecular complexity index is 409. The van der Waals surface area contributed by atoms with Crippen molar-refractivity contribution >= 4 is 5.97 Å². The third-order valence-corrected chi connectivity index (χ3v) is 2.60. The van der Waals surface area contributed by atoms with Gasteiger partial charge in [0.05, 0.1) is 13.2 Å². The van der Waals surface area contributed by atoms with Crippen molar-refractivity contribution in [1.82, 2.24) is 5.32 Å². The maximum atomic E-state index is 11.4. The molecule has 112 valence electrons. The van der Waals surface area contributed by atoms with Gasteiger partial charge in [0.1, 0.15) is 12.6 Å². The summed E-state index contributed by atoms with van der Waals surface area (Å²) in [6.45, 7) is 7.49. The zero-order chi connectivity index (χ0) is 14.8. The van der Waals surface area contributed by atoms with Crippen LogP contribution >= 0.6 is 0 Å². The molecule has 0 spiro atoms. The summed E-state index contributed by atoms with van der Waals surface area (Å²) in [7, 11) is 0. The van der Waals surface area contributed by atoms with Crippen molar-refractivity contribution in [2.45, 2.75) is 26.8 Å². The number of hydrogen-bond acceptors (Lipinski definition) is 5. The van der Waals surface area contributed by atoms with Crippen molar-refractivity contribution < 1.29 is 19.0 Å². The van der Waals surface area contributed by atoms with Crippen LogP contribution in [0.2, 0.25) is 0 Å². The van der Waals surface area contributed by atoms with E-state index in [1.165, 1.54) is 0 Å². The molecule has 0 aliphatic carbocycles. The number of para-hydroxylation sites is 2.